The van der Waals surface area contributed by atoms with Crippen LogP contribution in [0.4, 0.5) is 13.2 Å². The molecule has 0 aliphatic heterocycles. The molecule has 0 fully saturated rings. The zero-order chi connectivity index (χ0) is 15.3. The third-order valence-electron chi connectivity index (χ3n) is 2.93. The van der Waals surface area contributed by atoms with Gasteiger partial charge in [0.15, 0.2) is 0 Å². The zero-order valence-corrected chi connectivity index (χ0v) is 11.4. The predicted molar refractivity (Wildman–Crippen MR) is 73.5 cm³/mol. The van der Waals surface area contributed by atoms with Gasteiger partial charge in [-0.1, -0.05) is 30.3 Å². The number of ether oxygens (including phenoxy) is 2. The topological polar surface area (TPSA) is 18.5 Å². The zero-order valence-electron chi connectivity index (χ0n) is 11.4. The maximum atomic E-state index is 12.7. The largest absolute Gasteiger partial charge is 0.497 e. The normalized spacial score (nSPS) is 12.8. The van der Waals surface area contributed by atoms with Crippen LogP contribution in [0.5, 0.6) is 11.5 Å². The number of alkyl halides is 3. The molecule has 0 N–H and O–H groups in total. The second-order valence-corrected chi connectivity index (χ2v) is 4.51. The molecule has 0 amide bonds. The van der Waals surface area contributed by atoms with E-state index in [1.54, 1.807) is 54.6 Å². The van der Waals surface area contributed by atoms with Gasteiger partial charge in [0.1, 0.15) is 17.6 Å². The number of halogens is 3. The highest BCUT2D eigenvalue weighted by Gasteiger charge is 2.33. The average molecular weight is 296 g/mol. The Kier molecular flexibility index (Phi) is 4.73. The first-order valence-corrected chi connectivity index (χ1v) is 6.40. The number of benzene rings is 2. The summed E-state index contributed by atoms with van der Waals surface area (Å²) in [6.07, 6.45) is -6.41. The molecule has 0 spiro atoms. The summed E-state index contributed by atoms with van der Waals surface area (Å²) in [7, 11) is 1.52. The SMILES string of the molecule is COc1ccc(OC(CC(F)(F)F)c2ccccc2)cc1. The van der Waals surface area contributed by atoms with Gasteiger partial charge in [-0.25, -0.2) is 0 Å². The van der Waals surface area contributed by atoms with Gasteiger partial charge in [0.05, 0.1) is 13.5 Å². The fourth-order valence-electron chi connectivity index (χ4n) is 1.92. The molecule has 0 saturated carbocycles. The van der Waals surface area contributed by atoms with E-state index in [1.807, 2.05) is 0 Å². The van der Waals surface area contributed by atoms with Crippen LogP contribution in [0.25, 0.3) is 0 Å². The molecule has 1 unspecified atom stereocenters. The Labute approximate surface area is 121 Å². The van der Waals surface area contributed by atoms with Crippen LogP contribution in [-0.4, -0.2) is 13.3 Å². The lowest BCUT2D eigenvalue weighted by atomic mass is 10.1. The van der Waals surface area contributed by atoms with Crippen LogP contribution in [-0.2, 0) is 0 Å². The van der Waals surface area contributed by atoms with Gasteiger partial charge in [-0.2, -0.15) is 13.2 Å². The molecule has 2 rings (SSSR count). The summed E-state index contributed by atoms with van der Waals surface area (Å²) in [5.41, 5.74) is 0.491. The van der Waals surface area contributed by atoms with Gasteiger partial charge in [0.25, 0.3) is 0 Å². The first-order chi connectivity index (χ1) is 9.98. The standard InChI is InChI=1S/C16H15F3O2/c1-20-13-7-9-14(10-8-13)21-15(11-16(17,18)19)12-5-3-2-4-6-12/h2-10,15H,11H2,1H3. The van der Waals surface area contributed by atoms with Gasteiger partial charge in [-0.3, -0.25) is 0 Å². The van der Waals surface area contributed by atoms with Gasteiger partial charge in [0, 0.05) is 0 Å². The van der Waals surface area contributed by atoms with Crippen molar-refractivity contribution in [3.63, 3.8) is 0 Å². The summed E-state index contributed by atoms with van der Waals surface area (Å²) in [5.74, 6) is 0.989. The minimum Gasteiger partial charge on any atom is -0.497 e. The molecule has 0 saturated heterocycles. The summed E-state index contributed by atoms with van der Waals surface area (Å²) in [6, 6.07) is 14.8. The van der Waals surface area contributed by atoms with E-state index < -0.39 is 18.7 Å². The molecular formula is C16H15F3O2. The van der Waals surface area contributed by atoms with Crippen LogP contribution in [0.15, 0.2) is 54.6 Å². The van der Waals surface area contributed by atoms with Crippen LogP contribution in [0, 0.1) is 0 Å². The number of hydrogen-bond acceptors (Lipinski definition) is 2. The Morgan fingerprint density at radius 3 is 2.00 bits per heavy atom. The maximum Gasteiger partial charge on any atom is 0.392 e. The smallest absolute Gasteiger partial charge is 0.392 e. The first kappa shape index (κ1) is 15.2. The van der Waals surface area contributed by atoms with Crippen molar-refractivity contribution in [3.05, 3.63) is 60.2 Å². The molecule has 0 bridgehead atoms. The summed E-state index contributed by atoms with van der Waals surface area (Å²) in [5, 5.41) is 0. The van der Waals surface area contributed by atoms with Crippen molar-refractivity contribution >= 4 is 0 Å². The van der Waals surface area contributed by atoms with E-state index in [0.717, 1.165) is 0 Å². The minimum atomic E-state index is -4.30. The highest BCUT2D eigenvalue weighted by Crippen LogP contribution is 2.33. The van der Waals surface area contributed by atoms with Crippen LogP contribution in [0.3, 0.4) is 0 Å². The van der Waals surface area contributed by atoms with Crippen molar-refractivity contribution in [1.29, 1.82) is 0 Å². The molecule has 21 heavy (non-hydrogen) atoms. The Morgan fingerprint density at radius 1 is 0.905 bits per heavy atom. The van der Waals surface area contributed by atoms with Crippen molar-refractivity contribution in [2.75, 3.05) is 7.11 Å². The fraction of sp³-hybridized carbons (Fsp3) is 0.250. The molecule has 0 aromatic heterocycles. The number of rotatable bonds is 5. The quantitative estimate of drug-likeness (QED) is 0.791. The van der Waals surface area contributed by atoms with Gasteiger partial charge >= 0.3 is 6.18 Å². The second-order valence-electron chi connectivity index (χ2n) is 4.51. The Balaban J connectivity index is 2.19. The molecule has 2 aromatic carbocycles. The van der Waals surface area contributed by atoms with Gasteiger partial charge in [0.2, 0.25) is 0 Å². The Bertz CT molecular complexity index is 550. The average Bonchev–Trinajstić information content (AvgIpc) is 2.47. The molecule has 1 atom stereocenters. The molecule has 0 radical (unpaired) electrons. The summed E-state index contributed by atoms with van der Waals surface area (Å²) in [4.78, 5) is 0. The molecule has 2 nitrogen and oxygen atoms in total. The molecule has 5 heteroatoms. The third kappa shape index (κ3) is 4.70. The second kappa shape index (κ2) is 6.52. The van der Waals surface area contributed by atoms with Gasteiger partial charge in [-0.05, 0) is 29.8 Å². The fourth-order valence-corrected chi connectivity index (χ4v) is 1.92. The molecule has 0 aliphatic carbocycles. The summed E-state index contributed by atoms with van der Waals surface area (Å²) in [6.45, 7) is 0. The molecular weight excluding hydrogens is 281 g/mol. The van der Waals surface area contributed by atoms with Crippen LogP contribution >= 0.6 is 0 Å². The third-order valence-corrected chi connectivity index (χ3v) is 2.93. The van der Waals surface area contributed by atoms with E-state index in [0.29, 0.717) is 17.1 Å². The lowest BCUT2D eigenvalue weighted by Crippen LogP contribution is -2.18. The maximum absolute atomic E-state index is 12.7. The highest BCUT2D eigenvalue weighted by molar-refractivity contribution is 5.32. The van der Waals surface area contributed by atoms with Crippen molar-refractivity contribution in [3.8, 4) is 11.5 Å². The Morgan fingerprint density at radius 2 is 1.48 bits per heavy atom. The van der Waals surface area contributed by atoms with Crippen LogP contribution < -0.4 is 9.47 Å². The summed E-state index contributed by atoms with van der Waals surface area (Å²) >= 11 is 0. The molecule has 0 aliphatic rings. The van der Waals surface area contributed by atoms with Crippen molar-refractivity contribution < 1.29 is 22.6 Å². The van der Waals surface area contributed by atoms with Crippen molar-refractivity contribution in [1.82, 2.24) is 0 Å². The molecule has 2 aromatic rings. The summed E-state index contributed by atoms with van der Waals surface area (Å²) < 4.78 is 48.6. The highest BCUT2D eigenvalue weighted by atomic mass is 19.4. The molecule has 0 heterocycles. The predicted octanol–water partition coefficient (Wildman–Crippen LogP) is 4.77. The monoisotopic (exact) mass is 296 g/mol. The Hall–Kier alpha value is -2.17. The van der Waals surface area contributed by atoms with E-state index >= 15 is 0 Å². The van der Waals surface area contributed by atoms with Crippen LogP contribution in [0.1, 0.15) is 18.1 Å². The van der Waals surface area contributed by atoms with Crippen molar-refractivity contribution in [2.45, 2.75) is 18.7 Å². The first-order valence-electron chi connectivity index (χ1n) is 6.40. The van der Waals surface area contributed by atoms with E-state index in [4.69, 9.17) is 9.47 Å². The lowest BCUT2D eigenvalue weighted by molar-refractivity contribution is -0.151. The lowest BCUT2D eigenvalue weighted by Gasteiger charge is -2.21. The number of hydrogen-bond donors (Lipinski definition) is 0. The van der Waals surface area contributed by atoms with E-state index in [-0.39, 0.29) is 0 Å². The van der Waals surface area contributed by atoms with E-state index in [9.17, 15) is 13.2 Å². The minimum absolute atomic E-state index is 0.369. The van der Waals surface area contributed by atoms with Gasteiger partial charge in [-0.15, -0.1) is 0 Å². The number of methoxy groups -OCH3 is 1. The molecule has 112 valence electrons. The van der Waals surface area contributed by atoms with Crippen molar-refractivity contribution in [2.24, 2.45) is 0 Å². The van der Waals surface area contributed by atoms with E-state index in [2.05, 4.69) is 0 Å². The van der Waals surface area contributed by atoms with Crippen LogP contribution in [0.2, 0.25) is 0 Å². The van der Waals surface area contributed by atoms with E-state index in [1.165, 1.54) is 7.11 Å². The van der Waals surface area contributed by atoms with Gasteiger partial charge < -0.3 is 9.47 Å².